The molecule has 1 fully saturated rings. The van der Waals surface area contributed by atoms with E-state index in [0.29, 0.717) is 18.2 Å². The maximum absolute atomic E-state index is 13.3. The molecule has 4 heteroatoms. The zero-order valence-electron chi connectivity index (χ0n) is 9.21. The SMILES string of the molecule is Nc1ccc(F)c(OC[C@H]2CCCNC2)c1. The molecular weight excluding hydrogens is 207 g/mol. The van der Waals surface area contributed by atoms with E-state index in [4.69, 9.17) is 10.5 Å². The third-order valence-corrected chi connectivity index (χ3v) is 2.83. The molecule has 0 aliphatic carbocycles. The summed E-state index contributed by atoms with van der Waals surface area (Å²) in [6, 6.07) is 4.40. The molecular formula is C12H17FN2O. The third kappa shape index (κ3) is 2.85. The quantitative estimate of drug-likeness (QED) is 0.769. The first-order valence-electron chi connectivity index (χ1n) is 5.64. The highest BCUT2D eigenvalue weighted by molar-refractivity contribution is 5.44. The number of rotatable bonds is 3. The molecule has 3 N–H and O–H groups in total. The van der Waals surface area contributed by atoms with Crippen molar-refractivity contribution in [1.29, 1.82) is 0 Å². The van der Waals surface area contributed by atoms with Crippen LogP contribution in [0.4, 0.5) is 10.1 Å². The number of piperidine rings is 1. The Morgan fingerprint density at radius 3 is 3.12 bits per heavy atom. The lowest BCUT2D eigenvalue weighted by molar-refractivity contribution is 0.211. The Kier molecular flexibility index (Phi) is 3.62. The zero-order valence-corrected chi connectivity index (χ0v) is 9.21. The van der Waals surface area contributed by atoms with Gasteiger partial charge in [0.2, 0.25) is 0 Å². The third-order valence-electron chi connectivity index (χ3n) is 2.83. The first-order valence-corrected chi connectivity index (χ1v) is 5.64. The summed E-state index contributed by atoms with van der Waals surface area (Å²) in [4.78, 5) is 0. The Morgan fingerprint density at radius 2 is 2.38 bits per heavy atom. The number of halogens is 1. The van der Waals surface area contributed by atoms with Gasteiger partial charge in [0.15, 0.2) is 11.6 Å². The molecule has 0 amide bonds. The van der Waals surface area contributed by atoms with Gasteiger partial charge in [-0.1, -0.05) is 0 Å². The summed E-state index contributed by atoms with van der Waals surface area (Å²) in [6.07, 6.45) is 2.30. The lowest BCUT2D eigenvalue weighted by Crippen LogP contribution is -2.33. The van der Waals surface area contributed by atoms with Crippen LogP contribution in [0.1, 0.15) is 12.8 Å². The highest BCUT2D eigenvalue weighted by Crippen LogP contribution is 2.21. The van der Waals surface area contributed by atoms with E-state index in [-0.39, 0.29) is 11.6 Å². The minimum absolute atomic E-state index is 0.255. The van der Waals surface area contributed by atoms with Crippen LogP contribution in [0.15, 0.2) is 18.2 Å². The summed E-state index contributed by atoms with van der Waals surface area (Å²) in [5, 5.41) is 3.30. The Balaban J connectivity index is 1.90. The number of ether oxygens (including phenoxy) is 1. The van der Waals surface area contributed by atoms with Crippen LogP contribution in [0.2, 0.25) is 0 Å². The molecule has 0 spiro atoms. The molecule has 3 nitrogen and oxygen atoms in total. The predicted molar refractivity (Wildman–Crippen MR) is 61.9 cm³/mol. The number of nitrogens with one attached hydrogen (secondary N) is 1. The van der Waals surface area contributed by atoms with Gasteiger partial charge in [-0.3, -0.25) is 0 Å². The fourth-order valence-electron chi connectivity index (χ4n) is 1.90. The molecule has 1 saturated heterocycles. The van der Waals surface area contributed by atoms with E-state index in [9.17, 15) is 4.39 Å². The van der Waals surface area contributed by atoms with Crippen molar-refractivity contribution in [3.63, 3.8) is 0 Å². The standard InChI is InChI=1S/C12H17FN2O/c13-11-4-3-10(14)6-12(11)16-8-9-2-1-5-15-7-9/h3-4,6,9,15H,1-2,5,7-8,14H2/t9-/m0/s1. The van der Waals surface area contributed by atoms with E-state index < -0.39 is 0 Å². The van der Waals surface area contributed by atoms with Crippen molar-refractivity contribution in [2.75, 3.05) is 25.4 Å². The summed E-state index contributed by atoms with van der Waals surface area (Å²) >= 11 is 0. The van der Waals surface area contributed by atoms with Gasteiger partial charge in [0, 0.05) is 24.2 Å². The lowest BCUT2D eigenvalue weighted by atomic mass is 10.0. The summed E-state index contributed by atoms with van der Waals surface area (Å²) in [6.45, 7) is 2.57. The molecule has 1 aromatic carbocycles. The van der Waals surface area contributed by atoms with E-state index in [1.54, 1.807) is 0 Å². The Bertz CT molecular complexity index is 351. The average Bonchev–Trinajstić information content (AvgIpc) is 2.32. The minimum Gasteiger partial charge on any atom is -0.490 e. The van der Waals surface area contributed by atoms with Crippen LogP contribution in [0.5, 0.6) is 5.75 Å². The minimum atomic E-state index is -0.349. The van der Waals surface area contributed by atoms with Gasteiger partial charge in [-0.2, -0.15) is 0 Å². The molecule has 1 aliphatic heterocycles. The molecule has 0 bridgehead atoms. The number of anilines is 1. The summed E-state index contributed by atoms with van der Waals surface area (Å²) in [5.41, 5.74) is 6.10. The Morgan fingerprint density at radius 1 is 1.50 bits per heavy atom. The number of hydrogen-bond donors (Lipinski definition) is 2. The van der Waals surface area contributed by atoms with E-state index >= 15 is 0 Å². The van der Waals surface area contributed by atoms with Crippen LogP contribution in [0.3, 0.4) is 0 Å². The molecule has 0 unspecified atom stereocenters. The second-order valence-corrected chi connectivity index (χ2v) is 4.21. The van der Waals surface area contributed by atoms with E-state index in [1.165, 1.54) is 18.2 Å². The molecule has 2 rings (SSSR count). The van der Waals surface area contributed by atoms with Crippen molar-refractivity contribution in [1.82, 2.24) is 5.32 Å². The fourth-order valence-corrected chi connectivity index (χ4v) is 1.90. The fraction of sp³-hybridized carbons (Fsp3) is 0.500. The zero-order chi connectivity index (χ0) is 11.4. The number of hydrogen-bond acceptors (Lipinski definition) is 3. The van der Waals surface area contributed by atoms with Gasteiger partial charge < -0.3 is 15.8 Å². The monoisotopic (exact) mass is 224 g/mol. The average molecular weight is 224 g/mol. The summed E-state index contributed by atoms with van der Waals surface area (Å²) in [7, 11) is 0. The molecule has 1 heterocycles. The molecule has 16 heavy (non-hydrogen) atoms. The molecule has 1 aliphatic rings. The van der Waals surface area contributed by atoms with Crippen LogP contribution < -0.4 is 15.8 Å². The van der Waals surface area contributed by atoms with Gasteiger partial charge >= 0.3 is 0 Å². The van der Waals surface area contributed by atoms with Crippen molar-refractivity contribution < 1.29 is 9.13 Å². The van der Waals surface area contributed by atoms with Gasteiger partial charge in [-0.25, -0.2) is 4.39 Å². The van der Waals surface area contributed by atoms with Crippen molar-refractivity contribution in [3.8, 4) is 5.75 Å². The first kappa shape index (κ1) is 11.2. The van der Waals surface area contributed by atoms with Crippen molar-refractivity contribution in [2.24, 2.45) is 5.92 Å². The Hall–Kier alpha value is -1.29. The summed E-state index contributed by atoms with van der Waals surface area (Å²) in [5.74, 6) is 0.373. The van der Waals surface area contributed by atoms with Crippen LogP contribution in [0.25, 0.3) is 0 Å². The van der Waals surface area contributed by atoms with Crippen molar-refractivity contribution in [2.45, 2.75) is 12.8 Å². The second-order valence-electron chi connectivity index (χ2n) is 4.21. The highest BCUT2D eigenvalue weighted by Gasteiger charge is 2.14. The molecule has 0 saturated carbocycles. The molecule has 88 valence electrons. The largest absolute Gasteiger partial charge is 0.490 e. The van der Waals surface area contributed by atoms with Gasteiger partial charge in [0.25, 0.3) is 0 Å². The normalized spacial score (nSPS) is 20.7. The molecule has 1 aromatic rings. The second kappa shape index (κ2) is 5.16. The lowest BCUT2D eigenvalue weighted by Gasteiger charge is -2.22. The number of nitrogens with two attached hydrogens (primary N) is 1. The van der Waals surface area contributed by atoms with Gasteiger partial charge in [-0.15, -0.1) is 0 Å². The maximum Gasteiger partial charge on any atom is 0.165 e. The highest BCUT2D eigenvalue weighted by atomic mass is 19.1. The summed E-state index contributed by atoms with van der Waals surface area (Å²) < 4.78 is 18.8. The molecule has 0 aromatic heterocycles. The molecule has 0 radical (unpaired) electrons. The van der Waals surface area contributed by atoms with Crippen molar-refractivity contribution >= 4 is 5.69 Å². The number of benzene rings is 1. The number of nitrogen functional groups attached to an aromatic ring is 1. The van der Waals surface area contributed by atoms with E-state index in [2.05, 4.69) is 5.32 Å². The van der Waals surface area contributed by atoms with E-state index in [1.807, 2.05) is 0 Å². The van der Waals surface area contributed by atoms with E-state index in [0.717, 1.165) is 25.9 Å². The van der Waals surface area contributed by atoms with Crippen molar-refractivity contribution in [3.05, 3.63) is 24.0 Å². The van der Waals surface area contributed by atoms with Gasteiger partial charge in [0.05, 0.1) is 6.61 Å². The predicted octanol–water partition coefficient (Wildman–Crippen LogP) is 1.79. The first-order chi connectivity index (χ1) is 7.75. The van der Waals surface area contributed by atoms with Crippen LogP contribution >= 0.6 is 0 Å². The van der Waals surface area contributed by atoms with Crippen LogP contribution in [0, 0.1) is 11.7 Å². The van der Waals surface area contributed by atoms with Gasteiger partial charge in [-0.05, 0) is 31.5 Å². The van der Waals surface area contributed by atoms with Crippen LogP contribution in [-0.4, -0.2) is 19.7 Å². The topological polar surface area (TPSA) is 47.3 Å². The maximum atomic E-state index is 13.3. The smallest absolute Gasteiger partial charge is 0.165 e. The van der Waals surface area contributed by atoms with Gasteiger partial charge in [0.1, 0.15) is 0 Å². The Labute approximate surface area is 94.8 Å². The molecule has 1 atom stereocenters. The van der Waals surface area contributed by atoms with Crippen LogP contribution in [-0.2, 0) is 0 Å².